The molecule has 4 rings (SSSR count). The average Bonchev–Trinajstić information content (AvgIpc) is 3.05. The predicted octanol–water partition coefficient (Wildman–Crippen LogP) is 4.33. The Labute approximate surface area is 268 Å². The number of carboxylic acids is 8. The lowest BCUT2D eigenvalue weighted by atomic mass is 10.1. The van der Waals surface area contributed by atoms with Crippen LogP contribution < -0.4 is 0 Å². The van der Waals surface area contributed by atoms with Crippen LogP contribution >= 0.6 is 0 Å². The topological polar surface area (TPSA) is 298 Å². The van der Waals surface area contributed by atoms with Gasteiger partial charge in [0.05, 0.1) is 44.5 Å². The standard InChI is InChI=1S/4C8H6O4/c4*9-7(10)5-1-2-6(4-3-5)8(11)12/h4*1-4H,(H,9,10)(H,11,12). The summed E-state index contributed by atoms with van der Waals surface area (Å²) in [4.78, 5) is 82.7. The molecule has 248 valence electrons. The maximum absolute atomic E-state index is 10.3. The Hall–Kier alpha value is -7.36. The first-order valence-corrected chi connectivity index (χ1v) is 12.7. The van der Waals surface area contributed by atoms with Crippen LogP contribution in [-0.4, -0.2) is 88.6 Å². The van der Waals surface area contributed by atoms with E-state index in [2.05, 4.69) is 0 Å². The third-order valence-corrected chi connectivity index (χ3v) is 5.52. The Morgan fingerprint density at radius 3 is 0.312 bits per heavy atom. The van der Waals surface area contributed by atoms with Gasteiger partial charge in [-0.2, -0.15) is 0 Å². The van der Waals surface area contributed by atoms with Gasteiger partial charge in [0, 0.05) is 0 Å². The third kappa shape index (κ3) is 13.1. The highest BCUT2D eigenvalue weighted by Crippen LogP contribution is 2.06. The number of rotatable bonds is 8. The zero-order valence-electron chi connectivity index (χ0n) is 24.1. The fourth-order valence-corrected chi connectivity index (χ4v) is 3.02. The summed E-state index contributed by atoms with van der Waals surface area (Å²) in [5.41, 5.74) is 0.667. The molecule has 4 aromatic rings. The highest BCUT2D eigenvalue weighted by molar-refractivity contribution is 5.93. The monoisotopic (exact) mass is 664 g/mol. The first-order chi connectivity index (χ1) is 22.4. The first-order valence-electron chi connectivity index (χ1n) is 12.7. The van der Waals surface area contributed by atoms with Gasteiger partial charge in [-0.25, -0.2) is 38.4 Å². The van der Waals surface area contributed by atoms with Crippen LogP contribution in [0.3, 0.4) is 0 Å². The van der Waals surface area contributed by atoms with Gasteiger partial charge in [-0.1, -0.05) is 0 Å². The molecule has 0 amide bonds. The van der Waals surface area contributed by atoms with Crippen molar-refractivity contribution in [2.75, 3.05) is 0 Å². The summed E-state index contributed by atoms with van der Waals surface area (Å²) in [6.07, 6.45) is 0. The largest absolute Gasteiger partial charge is 0.478 e. The number of hydrogen-bond acceptors (Lipinski definition) is 8. The van der Waals surface area contributed by atoms with Crippen LogP contribution in [-0.2, 0) is 0 Å². The van der Waals surface area contributed by atoms with Gasteiger partial charge in [0.2, 0.25) is 0 Å². The molecule has 0 aromatic heterocycles. The molecule has 0 atom stereocenters. The summed E-state index contributed by atoms with van der Waals surface area (Å²) >= 11 is 0. The summed E-state index contributed by atoms with van der Waals surface area (Å²) in [7, 11) is 0. The van der Waals surface area contributed by atoms with Gasteiger partial charge in [0.15, 0.2) is 0 Å². The lowest BCUT2D eigenvalue weighted by Crippen LogP contribution is -1.99. The minimum Gasteiger partial charge on any atom is -0.478 e. The number of hydrogen-bond donors (Lipinski definition) is 8. The molecule has 0 radical (unpaired) electrons. The van der Waals surface area contributed by atoms with Crippen LogP contribution in [0.5, 0.6) is 0 Å². The van der Waals surface area contributed by atoms with E-state index in [1.165, 1.54) is 97.1 Å². The Kier molecular flexibility index (Phi) is 14.9. The molecule has 0 aliphatic carbocycles. The third-order valence-electron chi connectivity index (χ3n) is 5.52. The SMILES string of the molecule is O=C(O)c1ccc(C(=O)O)cc1.O=C(O)c1ccc(C(=O)O)cc1.O=C(O)c1ccc(C(=O)O)cc1.O=C(O)c1ccc(C(=O)O)cc1. The molecule has 16 heteroatoms. The van der Waals surface area contributed by atoms with E-state index in [4.69, 9.17) is 40.9 Å². The van der Waals surface area contributed by atoms with Crippen LogP contribution in [0.1, 0.15) is 82.9 Å². The minimum atomic E-state index is -1.06. The maximum Gasteiger partial charge on any atom is 0.335 e. The zero-order chi connectivity index (χ0) is 36.6. The molecule has 0 spiro atoms. The lowest BCUT2D eigenvalue weighted by molar-refractivity contribution is 0.0681. The minimum absolute atomic E-state index is 0.0833. The molecule has 0 unspecified atom stereocenters. The second-order valence-corrected chi connectivity index (χ2v) is 8.75. The molecule has 0 fully saturated rings. The van der Waals surface area contributed by atoms with E-state index in [1.807, 2.05) is 0 Å². The number of aromatic carboxylic acids is 8. The average molecular weight is 665 g/mol. The summed E-state index contributed by atoms with van der Waals surface area (Å²) in [5.74, 6) is -8.50. The molecule has 16 nitrogen and oxygen atoms in total. The van der Waals surface area contributed by atoms with Gasteiger partial charge in [-0.05, 0) is 97.1 Å². The van der Waals surface area contributed by atoms with Crippen molar-refractivity contribution in [3.05, 3.63) is 142 Å². The van der Waals surface area contributed by atoms with Crippen LogP contribution in [0.2, 0.25) is 0 Å². The fourth-order valence-electron chi connectivity index (χ4n) is 3.02. The molecular formula is C32H24O16. The van der Waals surface area contributed by atoms with E-state index in [0.29, 0.717) is 0 Å². The number of benzene rings is 4. The van der Waals surface area contributed by atoms with Crippen molar-refractivity contribution >= 4 is 47.8 Å². The van der Waals surface area contributed by atoms with E-state index in [9.17, 15) is 38.4 Å². The normalized spacial score (nSPS) is 9.33. The van der Waals surface area contributed by atoms with Crippen molar-refractivity contribution < 1.29 is 79.2 Å². The van der Waals surface area contributed by atoms with Gasteiger partial charge < -0.3 is 40.9 Å². The molecule has 0 saturated heterocycles. The molecule has 0 bridgehead atoms. The first kappa shape index (κ1) is 38.7. The number of carbonyl (C=O) groups is 8. The van der Waals surface area contributed by atoms with Crippen LogP contribution in [0.25, 0.3) is 0 Å². The van der Waals surface area contributed by atoms with Gasteiger partial charge in [-0.15, -0.1) is 0 Å². The predicted molar refractivity (Wildman–Crippen MR) is 161 cm³/mol. The Balaban J connectivity index is 0.000000320. The fraction of sp³-hybridized carbons (Fsp3) is 0. The van der Waals surface area contributed by atoms with Gasteiger partial charge in [-0.3, -0.25) is 0 Å². The molecule has 8 N–H and O–H groups in total. The zero-order valence-corrected chi connectivity index (χ0v) is 24.1. The van der Waals surface area contributed by atoms with Crippen molar-refractivity contribution in [1.82, 2.24) is 0 Å². The van der Waals surface area contributed by atoms with Crippen molar-refractivity contribution in [2.24, 2.45) is 0 Å². The van der Waals surface area contributed by atoms with Crippen molar-refractivity contribution in [2.45, 2.75) is 0 Å². The smallest absolute Gasteiger partial charge is 0.335 e. The molecular weight excluding hydrogens is 640 g/mol. The molecule has 48 heavy (non-hydrogen) atoms. The Morgan fingerprint density at radius 2 is 0.271 bits per heavy atom. The van der Waals surface area contributed by atoms with Gasteiger partial charge >= 0.3 is 47.8 Å². The summed E-state index contributed by atoms with van der Waals surface area (Å²) < 4.78 is 0. The van der Waals surface area contributed by atoms with E-state index in [-0.39, 0.29) is 44.5 Å². The summed E-state index contributed by atoms with van der Waals surface area (Å²) in [6, 6.07) is 20.1. The quantitative estimate of drug-likeness (QED) is 0.130. The Morgan fingerprint density at radius 1 is 0.208 bits per heavy atom. The lowest BCUT2D eigenvalue weighted by Gasteiger charge is -1.94. The highest BCUT2D eigenvalue weighted by atomic mass is 16.4. The van der Waals surface area contributed by atoms with E-state index >= 15 is 0 Å². The molecule has 0 aliphatic heterocycles. The summed E-state index contributed by atoms with van der Waals surface area (Å²) in [6.45, 7) is 0. The van der Waals surface area contributed by atoms with Crippen molar-refractivity contribution in [3.8, 4) is 0 Å². The van der Waals surface area contributed by atoms with Gasteiger partial charge in [0.1, 0.15) is 0 Å². The highest BCUT2D eigenvalue weighted by Gasteiger charge is 2.07. The Bertz CT molecular complexity index is 1390. The van der Waals surface area contributed by atoms with Crippen molar-refractivity contribution in [1.29, 1.82) is 0 Å². The molecule has 0 aliphatic rings. The second-order valence-electron chi connectivity index (χ2n) is 8.75. The molecule has 0 heterocycles. The maximum atomic E-state index is 10.3. The van der Waals surface area contributed by atoms with E-state index in [1.54, 1.807) is 0 Å². The van der Waals surface area contributed by atoms with Crippen molar-refractivity contribution in [3.63, 3.8) is 0 Å². The van der Waals surface area contributed by atoms with Crippen LogP contribution in [0.4, 0.5) is 0 Å². The van der Waals surface area contributed by atoms with Crippen LogP contribution in [0.15, 0.2) is 97.1 Å². The van der Waals surface area contributed by atoms with Gasteiger partial charge in [0.25, 0.3) is 0 Å². The van der Waals surface area contributed by atoms with E-state index < -0.39 is 47.8 Å². The molecule has 0 saturated carbocycles. The van der Waals surface area contributed by atoms with Crippen LogP contribution in [0, 0.1) is 0 Å². The summed E-state index contributed by atoms with van der Waals surface area (Å²) in [5, 5.41) is 67.7. The van der Waals surface area contributed by atoms with E-state index in [0.717, 1.165) is 0 Å². The number of carboxylic acid groups (broad SMARTS) is 8. The second kappa shape index (κ2) is 18.4. The molecule has 4 aromatic carbocycles.